The number of carboxylic acid groups (broad SMARTS) is 1. The second kappa shape index (κ2) is 8.04. The SMILES string of the molecule is CC(O)[C@H]1C(=O)N2C(C(=O)O)=C(S[C@@H]3CN[C@H](CCC(=O)N(C)C)C3)[C@H](C)[C@H]12. The Morgan fingerprint density at radius 1 is 1.39 bits per heavy atom. The summed E-state index contributed by atoms with van der Waals surface area (Å²) >= 11 is 1.53. The van der Waals surface area contributed by atoms with Gasteiger partial charge in [-0.25, -0.2) is 4.79 Å². The third-order valence-corrected chi connectivity index (χ3v) is 7.50. The molecule has 0 aliphatic carbocycles. The Morgan fingerprint density at radius 2 is 2.07 bits per heavy atom. The van der Waals surface area contributed by atoms with Gasteiger partial charge in [0.05, 0.1) is 18.1 Å². The number of hydrogen-bond acceptors (Lipinski definition) is 6. The summed E-state index contributed by atoms with van der Waals surface area (Å²) in [7, 11) is 3.49. The summed E-state index contributed by atoms with van der Waals surface area (Å²) in [5, 5.41) is 23.2. The van der Waals surface area contributed by atoms with Gasteiger partial charge >= 0.3 is 5.97 Å². The molecule has 0 aromatic carbocycles. The van der Waals surface area contributed by atoms with Crippen molar-refractivity contribution in [1.29, 1.82) is 0 Å². The van der Waals surface area contributed by atoms with Crippen LogP contribution in [0.15, 0.2) is 10.6 Å². The molecule has 0 radical (unpaired) electrons. The zero-order valence-corrected chi connectivity index (χ0v) is 17.5. The van der Waals surface area contributed by atoms with Crippen LogP contribution in [0.1, 0.15) is 33.1 Å². The summed E-state index contributed by atoms with van der Waals surface area (Å²) in [6.45, 7) is 4.26. The first-order valence-corrected chi connectivity index (χ1v) is 10.6. The molecule has 3 aliphatic heterocycles. The lowest BCUT2D eigenvalue weighted by Crippen LogP contribution is -2.63. The highest BCUT2D eigenvalue weighted by atomic mass is 32.2. The lowest BCUT2D eigenvalue weighted by molar-refractivity contribution is -0.163. The molecule has 0 aromatic rings. The Bertz CT molecular complexity index is 708. The fraction of sp³-hybridized carbons (Fsp3) is 0.737. The van der Waals surface area contributed by atoms with E-state index < -0.39 is 18.0 Å². The van der Waals surface area contributed by atoms with Crippen LogP contribution in [0, 0.1) is 11.8 Å². The molecule has 8 nitrogen and oxygen atoms in total. The average molecular weight is 412 g/mol. The number of β-lactam (4-membered cyclic amide) rings is 1. The highest BCUT2D eigenvalue weighted by Gasteiger charge is 2.60. The van der Waals surface area contributed by atoms with Crippen molar-refractivity contribution in [2.75, 3.05) is 20.6 Å². The van der Waals surface area contributed by atoms with Gasteiger partial charge in [-0.3, -0.25) is 9.59 Å². The average Bonchev–Trinajstić information content (AvgIpc) is 3.14. The van der Waals surface area contributed by atoms with Crippen LogP contribution in [0.3, 0.4) is 0 Å². The van der Waals surface area contributed by atoms with Gasteiger partial charge < -0.3 is 25.3 Å². The number of fused-ring (bicyclic) bond motifs is 1. The Kier molecular flexibility index (Phi) is 6.07. The zero-order valence-electron chi connectivity index (χ0n) is 16.7. The first-order chi connectivity index (χ1) is 13.1. The summed E-state index contributed by atoms with van der Waals surface area (Å²) in [6.07, 6.45) is 1.31. The number of hydrogen-bond donors (Lipinski definition) is 3. The molecule has 6 atom stereocenters. The normalized spacial score (nSPS) is 33.0. The molecule has 3 aliphatic rings. The maximum absolute atomic E-state index is 12.4. The Labute approximate surface area is 169 Å². The van der Waals surface area contributed by atoms with Crippen LogP contribution in [0.4, 0.5) is 0 Å². The van der Waals surface area contributed by atoms with Gasteiger partial charge in [0, 0.05) is 49.2 Å². The number of rotatable bonds is 7. The van der Waals surface area contributed by atoms with E-state index in [0.29, 0.717) is 6.42 Å². The Hall–Kier alpha value is -1.58. The fourth-order valence-electron chi connectivity index (χ4n) is 4.47. The number of carboxylic acids is 1. The fourth-order valence-corrected chi connectivity index (χ4v) is 5.99. The van der Waals surface area contributed by atoms with Gasteiger partial charge in [-0.05, 0) is 19.8 Å². The molecule has 1 unspecified atom stereocenters. The molecule has 0 spiro atoms. The van der Waals surface area contributed by atoms with Crippen LogP contribution in [-0.2, 0) is 14.4 Å². The van der Waals surface area contributed by atoms with Crippen LogP contribution in [0.5, 0.6) is 0 Å². The molecule has 9 heteroatoms. The summed E-state index contributed by atoms with van der Waals surface area (Å²) in [6, 6.07) is -0.0418. The minimum absolute atomic E-state index is 0.0793. The largest absolute Gasteiger partial charge is 0.477 e. The van der Waals surface area contributed by atoms with Gasteiger partial charge in [0.15, 0.2) is 0 Å². The number of aliphatic carboxylic acids is 1. The maximum Gasteiger partial charge on any atom is 0.353 e. The summed E-state index contributed by atoms with van der Waals surface area (Å²) in [5.74, 6) is -1.93. The van der Waals surface area contributed by atoms with Crippen molar-refractivity contribution in [3.8, 4) is 0 Å². The third-order valence-electron chi connectivity index (χ3n) is 5.99. The van der Waals surface area contributed by atoms with Crippen LogP contribution in [0.2, 0.25) is 0 Å². The van der Waals surface area contributed by atoms with Crippen molar-refractivity contribution < 1.29 is 24.6 Å². The summed E-state index contributed by atoms with van der Waals surface area (Å²) in [4.78, 5) is 39.7. The molecular weight excluding hydrogens is 382 g/mol. The van der Waals surface area contributed by atoms with Crippen molar-refractivity contribution >= 4 is 29.5 Å². The van der Waals surface area contributed by atoms with Gasteiger partial charge in [0.25, 0.3) is 0 Å². The minimum Gasteiger partial charge on any atom is -0.477 e. The highest BCUT2D eigenvalue weighted by molar-refractivity contribution is 8.03. The van der Waals surface area contributed by atoms with Crippen molar-refractivity contribution in [3.05, 3.63) is 10.6 Å². The first kappa shape index (κ1) is 21.1. The number of thioether (sulfide) groups is 1. The van der Waals surface area contributed by atoms with E-state index in [1.54, 1.807) is 25.9 Å². The zero-order chi connectivity index (χ0) is 20.7. The summed E-state index contributed by atoms with van der Waals surface area (Å²) in [5.41, 5.74) is 0.0793. The Balaban J connectivity index is 1.66. The van der Waals surface area contributed by atoms with E-state index in [1.807, 2.05) is 6.92 Å². The topological polar surface area (TPSA) is 110 Å². The molecule has 156 valence electrons. The number of nitrogens with one attached hydrogen (secondary N) is 1. The van der Waals surface area contributed by atoms with Gasteiger partial charge in [0.1, 0.15) is 5.70 Å². The van der Waals surface area contributed by atoms with E-state index in [0.717, 1.165) is 24.3 Å². The molecule has 3 N–H and O–H groups in total. The molecule has 2 amide bonds. The lowest BCUT2D eigenvalue weighted by atomic mass is 9.79. The number of carbonyl (C=O) groups is 3. The number of carbonyl (C=O) groups excluding carboxylic acids is 2. The van der Waals surface area contributed by atoms with Crippen molar-refractivity contribution in [1.82, 2.24) is 15.1 Å². The molecule has 2 saturated heterocycles. The van der Waals surface area contributed by atoms with E-state index in [9.17, 15) is 24.6 Å². The van der Waals surface area contributed by atoms with Crippen LogP contribution >= 0.6 is 11.8 Å². The predicted molar refractivity (Wildman–Crippen MR) is 105 cm³/mol. The number of nitrogens with zero attached hydrogens (tertiary/aromatic N) is 2. The van der Waals surface area contributed by atoms with Crippen LogP contribution in [-0.4, -0.2) is 81.9 Å². The first-order valence-electron chi connectivity index (χ1n) is 9.72. The lowest BCUT2D eigenvalue weighted by Gasteiger charge is -2.46. The number of aliphatic hydroxyl groups excluding tert-OH is 1. The van der Waals surface area contributed by atoms with Gasteiger partial charge in [-0.1, -0.05) is 6.92 Å². The molecule has 2 fully saturated rings. The molecule has 3 heterocycles. The standard InChI is InChI=1S/C19H29N3O5S/c1-9-15-14(10(2)23)18(25)22(15)16(19(26)27)17(9)28-12-7-11(20-8-12)5-6-13(24)21(3)4/h9-12,14-15,20,23H,5-8H2,1-4H3,(H,26,27)/t9-,10?,11-,12+,14-,15-/m1/s1. The van der Waals surface area contributed by atoms with Crippen LogP contribution in [0.25, 0.3) is 0 Å². The predicted octanol–water partition coefficient (Wildman–Crippen LogP) is 0.472. The molecule has 0 bridgehead atoms. The maximum atomic E-state index is 12.4. The molecule has 0 saturated carbocycles. The second-order valence-corrected chi connectivity index (χ2v) is 9.52. The van der Waals surface area contributed by atoms with Crippen molar-refractivity contribution in [2.24, 2.45) is 11.8 Å². The van der Waals surface area contributed by atoms with Crippen molar-refractivity contribution in [3.63, 3.8) is 0 Å². The van der Waals surface area contributed by atoms with Gasteiger partial charge in [-0.15, -0.1) is 11.8 Å². The summed E-state index contributed by atoms with van der Waals surface area (Å²) < 4.78 is 0. The van der Waals surface area contributed by atoms with Gasteiger partial charge in [-0.2, -0.15) is 0 Å². The smallest absolute Gasteiger partial charge is 0.353 e. The van der Waals surface area contributed by atoms with Gasteiger partial charge in [0.2, 0.25) is 11.8 Å². The highest BCUT2D eigenvalue weighted by Crippen LogP contribution is 2.51. The van der Waals surface area contributed by atoms with E-state index in [2.05, 4.69) is 5.32 Å². The van der Waals surface area contributed by atoms with E-state index in [1.165, 1.54) is 16.7 Å². The molecule has 28 heavy (non-hydrogen) atoms. The van der Waals surface area contributed by atoms with E-state index in [4.69, 9.17) is 0 Å². The second-order valence-electron chi connectivity index (χ2n) is 8.18. The molecule has 3 rings (SSSR count). The van der Waals surface area contributed by atoms with Crippen LogP contribution < -0.4 is 5.32 Å². The monoisotopic (exact) mass is 411 g/mol. The number of aliphatic hydroxyl groups is 1. The molecular formula is C19H29N3O5S. The Morgan fingerprint density at radius 3 is 2.64 bits per heavy atom. The van der Waals surface area contributed by atoms with E-state index in [-0.39, 0.29) is 40.8 Å². The van der Waals surface area contributed by atoms with E-state index >= 15 is 0 Å². The minimum atomic E-state index is -1.09. The third kappa shape index (κ3) is 3.67. The quantitative estimate of drug-likeness (QED) is 0.523. The number of amides is 2. The van der Waals surface area contributed by atoms with Crippen molar-refractivity contribution in [2.45, 2.75) is 56.5 Å². The molecule has 0 aromatic heterocycles.